The Morgan fingerprint density at radius 3 is 2.74 bits per heavy atom. The Morgan fingerprint density at radius 2 is 2.11 bits per heavy atom. The van der Waals surface area contributed by atoms with E-state index in [2.05, 4.69) is 5.10 Å². The average Bonchev–Trinajstić information content (AvgIpc) is 2.69. The van der Waals surface area contributed by atoms with Crippen LogP contribution in [-0.4, -0.2) is 20.5 Å². The normalized spacial score (nSPS) is 10.4. The summed E-state index contributed by atoms with van der Waals surface area (Å²) in [5.74, 6) is -0.0528. The molecular formula is C13H13N3O3. The summed E-state index contributed by atoms with van der Waals surface area (Å²) >= 11 is 0. The maximum absolute atomic E-state index is 11.2. The molecule has 0 aliphatic carbocycles. The third-order valence-corrected chi connectivity index (χ3v) is 2.75. The number of para-hydroxylation sites is 1. The Morgan fingerprint density at radius 1 is 1.42 bits per heavy atom. The van der Waals surface area contributed by atoms with Crippen LogP contribution in [0.15, 0.2) is 30.5 Å². The Hall–Kier alpha value is -2.50. The van der Waals surface area contributed by atoms with Crippen LogP contribution in [0.3, 0.4) is 0 Å². The zero-order chi connectivity index (χ0) is 14.0. The predicted molar refractivity (Wildman–Crippen MR) is 69.7 cm³/mol. The summed E-state index contributed by atoms with van der Waals surface area (Å²) in [4.78, 5) is 21.9. The van der Waals surface area contributed by atoms with Crippen molar-refractivity contribution in [1.29, 1.82) is 0 Å². The number of hydrogen-bond donors (Lipinski definition) is 0. The second-order valence-corrected chi connectivity index (χ2v) is 4.31. The van der Waals surface area contributed by atoms with Gasteiger partial charge in [0.1, 0.15) is 0 Å². The molecular weight excluding hydrogens is 246 g/mol. The van der Waals surface area contributed by atoms with E-state index in [4.69, 9.17) is 0 Å². The Labute approximate surface area is 109 Å². The fraction of sp³-hybridized carbons (Fsp3) is 0.231. The molecule has 0 spiro atoms. The van der Waals surface area contributed by atoms with Crippen LogP contribution >= 0.6 is 0 Å². The average molecular weight is 259 g/mol. The lowest BCUT2D eigenvalue weighted by atomic mass is 10.1. The van der Waals surface area contributed by atoms with Gasteiger partial charge in [0.15, 0.2) is 5.78 Å². The summed E-state index contributed by atoms with van der Waals surface area (Å²) in [6.45, 7) is 3.38. The summed E-state index contributed by atoms with van der Waals surface area (Å²) in [7, 11) is 0. The molecule has 98 valence electrons. The Bertz CT molecular complexity index is 646. The standard InChI is InChI=1S/C13H13N3O3/c1-9-7-14-15(8-10(2)17)13(9)11-5-3-4-6-12(11)16(18)19/h3-7H,8H2,1-2H3. The molecule has 2 aromatic rings. The summed E-state index contributed by atoms with van der Waals surface area (Å²) in [5, 5.41) is 15.2. The van der Waals surface area contributed by atoms with Crippen LogP contribution in [0.4, 0.5) is 5.69 Å². The third kappa shape index (κ3) is 2.52. The molecule has 0 aliphatic heterocycles. The highest BCUT2D eigenvalue weighted by atomic mass is 16.6. The molecule has 6 nitrogen and oxygen atoms in total. The number of nitro benzene ring substituents is 1. The first-order valence-electron chi connectivity index (χ1n) is 5.76. The van der Waals surface area contributed by atoms with Gasteiger partial charge in [-0.3, -0.25) is 19.6 Å². The highest BCUT2D eigenvalue weighted by molar-refractivity contribution is 5.78. The van der Waals surface area contributed by atoms with Crippen molar-refractivity contribution < 1.29 is 9.72 Å². The molecule has 0 bridgehead atoms. The zero-order valence-electron chi connectivity index (χ0n) is 10.7. The molecule has 0 atom stereocenters. The number of Topliss-reactive ketones (excluding diaryl/α,β-unsaturated/α-hetero) is 1. The molecule has 19 heavy (non-hydrogen) atoms. The molecule has 6 heteroatoms. The largest absolute Gasteiger partial charge is 0.298 e. The summed E-state index contributed by atoms with van der Waals surface area (Å²) in [6.07, 6.45) is 1.61. The number of ketones is 1. The van der Waals surface area contributed by atoms with E-state index in [1.807, 2.05) is 6.92 Å². The number of rotatable bonds is 4. The van der Waals surface area contributed by atoms with Gasteiger partial charge in [-0.2, -0.15) is 5.10 Å². The molecule has 0 saturated heterocycles. The van der Waals surface area contributed by atoms with Gasteiger partial charge in [0, 0.05) is 6.07 Å². The molecule has 0 aliphatic rings. The molecule has 0 amide bonds. The molecule has 2 rings (SSSR count). The lowest BCUT2D eigenvalue weighted by Crippen LogP contribution is -2.10. The van der Waals surface area contributed by atoms with Crippen LogP contribution in [0, 0.1) is 17.0 Å². The van der Waals surface area contributed by atoms with Crippen molar-refractivity contribution in [1.82, 2.24) is 9.78 Å². The van der Waals surface area contributed by atoms with E-state index in [0.29, 0.717) is 11.3 Å². The van der Waals surface area contributed by atoms with Crippen molar-refractivity contribution in [2.45, 2.75) is 20.4 Å². The van der Waals surface area contributed by atoms with Crippen molar-refractivity contribution in [3.63, 3.8) is 0 Å². The van der Waals surface area contributed by atoms with Crippen LogP contribution in [0.5, 0.6) is 0 Å². The minimum atomic E-state index is -0.431. The van der Waals surface area contributed by atoms with Crippen LogP contribution in [-0.2, 0) is 11.3 Å². The van der Waals surface area contributed by atoms with Crippen LogP contribution in [0.2, 0.25) is 0 Å². The number of aromatic nitrogens is 2. The number of nitro groups is 1. The van der Waals surface area contributed by atoms with Gasteiger partial charge in [-0.25, -0.2) is 0 Å². The highest BCUT2D eigenvalue weighted by Gasteiger charge is 2.20. The van der Waals surface area contributed by atoms with Crippen molar-refractivity contribution in [3.05, 3.63) is 46.1 Å². The predicted octanol–water partition coefficient (Wildman–Crippen LogP) is 2.36. The van der Waals surface area contributed by atoms with Gasteiger partial charge in [0.2, 0.25) is 0 Å². The van der Waals surface area contributed by atoms with Gasteiger partial charge in [-0.15, -0.1) is 0 Å². The lowest BCUT2D eigenvalue weighted by molar-refractivity contribution is -0.384. The van der Waals surface area contributed by atoms with Gasteiger partial charge in [0.25, 0.3) is 5.69 Å². The summed E-state index contributed by atoms with van der Waals surface area (Å²) in [5.41, 5.74) is 1.90. The Balaban J connectivity index is 2.62. The molecule has 0 saturated carbocycles. The SMILES string of the molecule is CC(=O)Cn1ncc(C)c1-c1ccccc1[N+](=O)[O-]. The topological polar surface area (TPSA) is 78.0 Å². The van der Waals surface area contributed by atoms with E-state index in [9.17, 15) is 14.9 Å². The van der Waals surface area contributed by atoms with Crippen molar-refractivity contribution >= 4 is 11.5 Å². The van der Waals surface area contributed by atoms with Crippen molar-refractivity contribution in [3.8, 4) is 11.3 Å². The van der Waals surface area contributed by atoms with Gasteiger partial charge in [-0.05, 0) is 25.5 Å². The second-order valence-electron chi connectivity index (χ2n) is 4.31. The van der Waals surface area contributed by atoms with Crippen molar-refractivity contribution in [2.24, 2.45) is 0 Å². The number of benzene rings is 1. The van der Waals surface area contributed by atoms with E-state index < -0.39 is 4.92 Å². The quantitative estimate of drug-likeness (QED) is 0.623. The number of nitrogens with zero attached hydrogens (tertiary/aromatic N) is 3. The fourth-order valence-electron chi connectivity index (χ4n) is 1.99. The zero-order valence-corrected chi connectivity index (χ0v) is 10.7. The van der Waals surface area contributed by atoms with Crippen LogP contribution in [0.1, 0.15) is 12.5 Å². The molecule has 0 fully saturated rings. The maximum Gasteiger partial charge on any atom is 0.278 e. The monoisotopic (exact) mass is 259 g/mol. The second kappa shape index (κ2) is 5.01. The molecule has 1 aromatic carbocycles. The van der Waals surface area contributed by atoms with Gasteiger partial charge in [0.05, 0.1) is 28.9 Å². The van der Waals surface area contributed by atoms with E-state index in [0.717, 1.165) is 5.56 Å². The molecule has 1 aromatic heterocycles. The smallest absolute Gasteiger partial charge is 0.278 e. The van der Waals surface area contributed by atoms with Gasteiger partial charge >= 0.3 is 0 Å². The minimum absolute atomic E-state index is 0.0101. The van der Waals surface area contributed by atoms with E-state index in [1.165, 1.54) is 17.7 Å². The van der Waals surface area contributed by atoms with Crippen molar-refractivity contribution in [2.75, 3.05) is 0 Å². The fourth-order valence-corrected chi connectivity index (χ4v) is 1.99. The van der Waals surface area contributed by atoms with Gasteiger partial charge < -0.3 is 0 Å². The maximum atomic E-state index is 11.2. The van der Waals surface area contributed by atoms with E-state index in [1.54, 1.807) is 24.4 Å². The van der Waals surface area contributed by atoms with Gasteiger partial charge in [-0.1, -0.05) is 12.1 Å². The number of hydrogen-bond acceptors (Lipinski definition) is 4. The summed E-state index contributed by atoms with van der Waals surface area (Å²) in [6, 6.07) is 6.45. The van der Waals surface area contributed by atoms with E-state index in [-0.39, 0.29) is 18.0 Å². The number of carbonyl (C=O) groups is 1. The first kappa shape index (κ1) is 12.9. The first-order valence-corrected chi connectivity index (χ1v) is 5.76. The number of carbonyl (C=O) groups excluding carboxylic acids is 1. The van der Waals surface area contributed by atoms with Crippen LogP contribution in [0.25, 0.3) is 11.3 Å². The van der Waals surface area contributed by atoms with Crippen LogP contribution < -0.4 is 0 Å². The Kier molecular flexibility index (Phi) is 3.41. The molecule has 1 heterocycles. The third-order valence-electron chi connectivity index (χ3n) is 2.75. The summed E-state index contributed by atoms with van der Waals surface area (Å²) < 4.78 is 1.50. The molecule has 0 radical (unpaired) electrons. The number of aryl methyl sites for hydroxylation is 1. The lowest BCUT2D eigenvalue weighted by Gasteiger charge is -2.07. The van der Waals surface area contributed by atoms with E-state index >= 15 is 0 Å². The first-order chi connectivity index (χ1) is 9.00. The molecule has 0 unspecified atom stereocenters. The highest BCUT2D eigenvalue weighted by Crippen LogP contribution is 2.31. The minimum Gasteiger partial charge on any atom is -0.298 e. The molecule has 0 N–H and O–H groups in total.